The van der Waals surface area contributed by atoms with Crippen molar-refractivity contribution in [2.24, 2.45) is 5.92 Å². The van der Waals surface area contributed by atoms with Crippen LogP contribution in [0.2, 0.25) is 0 Å². The predicted octanol–water partition coefficient (Wildman–Crippen LogP) is 4.54. The monoisotopic (exact) mass is 558 g/mol. The zero-order chi connectivity index (χ0) is 28.6. The van der Waals surface area contributed by atoms with Crippen molar-refractivity contribution in [3.05, 3.63) is 70.3 Å². The number of likely N-dealkylation sites (N-methyl/N-ethyl adjacent to an activating group) is 1. The lowest BCUT2D eigenvalue weighted by molar-refractivity contribution is 0.0694. The Morgan fingerprint density at radius 1 is 1.15 bits per heavy atom. The Morgan fingerprint density at radius 2 is 1.93 bits per heavy atom. The first-order valence-corrected chi connectivity index (χ1v) is 13.6. The summed E-state index contributed by atoms with van der Waals surface area (Å²) in [6.07, 6.45) is 5.36. The molecule has 2 aliphatic heterocycles. The Balaban J connectivity index is 1.53. The predicted molar refractivity (Wildman–Crippen MR) is 154 cm³/mol. The lowest BCUT2D eigenvalue weighted by Gasteiger charge is -2.39. The summed E-state index contributed by atoms with van der Waals surface area (Å²) in [4.78, 5) is 37.1. The lowest BCUT2D eigenvalue weighted by atomic mass is 9.91. The SMILES string of the molecule is CNc1cc(F)c(F)c2c1[nH]c1ncc(-c3ccc4ccc(C(=O)O)c(=O)n4c3)c(N3CCC4CCN(C)C4C3)c12. The number of piperidine rings is 1. The van der Waals surface area contributed by atoms with E-state index in [4.69, 9.17) is 0 Å². The van der Waals surface area contributed by atoms with E-state index in [1.165, 1.54) is 10.5 Å². The van der Waals surface area contributed by atoms with Crippen LogP contribution in [0.4, 0.5) is 20.2 Å². The molecule has 5 aromatic rings. The Morgan fingerprint density at radius 3 is 2.71 bits per heavy atom. The smallest absolute Gasteiger partial charge is 0.341 e. The van der Waals surface area contributed by atoms with Crippen molar-refractivity contribution in [3.8, 4) is 11.1 Å². The first-order valence-electron chi connectivity index (χ1n) is 13.6. The summed E-state index contributed by atoms with van der Waals surface area (Å²) in [5, 5.41) is 13.0. The molecular formula is C30H28F2N6O3. The van der Waals surface area contributed by atoms with Crippen LogP contribution in [-0.2, 0) is 0 Å². The van der Waals surface area contributed by atoms with Gasteiger partial charge in [-0.3, -0.25) is 9.20 Å². The van der Waals surface area contributed by atoms with Gasteiger partial charge in [0.1, 0.15) is 11.2 Å². The number of nitrogens with zero attached hydrogens (tertiary/aromatic N) is 4. The minimum Gasteiger partial charge on any atom is -0.477 e. The molecule has 0 bridgehead atoms. The summed E-state index contributed by atoms with van der Waals surface area (Å²) >= 11 is 0. The molecule has 0 spiro atoms. The van der Waals surface area contributed by atoms with Crippen LogP contribution in [0.15, 0.2) is 47.5 Å². The van der Waals surface area contributed by atoms with Gasteiger partial charge in [0.05, 0.1) is 27.7 Å². The number of carboxylic acid groups (broad SMARTS) is 1. The molecule has 2 aliphatic rings. The van der Waals surface area contributed by atoms with Gasteiger partial charge in [-0.1, -0.05) is 6.07 Å². The summed E-state index contributed by atoms with van der Waals surface area (Å²) in [6.45, 7) is 2.44. The van der Waals surface area contributed by atoms with E-state index < -0.39 is 23.2 Å². The summed E-state index contributed by atoms with van der Waals surface area (Å²) in [6, 6.07) is 7.89. The molecule has 0 saturated carbocycles. The fourth-order valence-corrected chi connectivity index (χ4v) is 6.75. The Hall–Kier alpha value is -4.51. The number of pyridine rings is 3. The number of aromatic amines is 1. The van der Waals surface area contributed by atoms with Crippen molar-refractivity contribution in [2.75, 3.05) is 43.9 Å². The van der Waals surface area contributed by atoms with Crippen LogP contribution < -0.4 is 15.8 Å². The number of carbonyl (C=O) groups is 1. The second-order valence-electron chi connectivity index (χ2n) is 11.0. The summed E-state index contributed by atoms with van der Waals surface area (Å²) < 4.78 is 31.8. The number of halogens is 2. The molecule has 11 heteroatoms. The topological polar surface area (TPSA) is 106 Å². The van der Waals surface area contributed by atoms with Crippen LogP contribution in [0.3, 0.4) is 0 Å². The van der Waals surface area contributed by atoms with Crippen LogP contribution in [0, 0.1) is 17.6 Å². The number of benzene rings is 1. The van der Waals surface area contributed by atoms with E-state index >= 15 is 4.39 Å². The highest BCUT2D eigenvalue weighted by Crippen LogP contribution is 2.45. The number of aromatic carboxylic acids is 1. The van der Waals surface area contributed by atoms with E-state index in [0.717, 1.165) is 32.0 Å². The number of nitrogens with one attached hydrogen (secondary N) is 2. The standard InChI is InChI=1S/C30H28F2N6O3/c1-33-21-11-20(31)25(32)23-24-27(37-10-8-15-7-9-36(2)22(15)14-37)19(12-34-28(24)35-26(21)23)16-3-4-17-5-6-18(30(40)41)29(39)38(17)13-16/h3-6,11-13,15,22,33H,7-10,14H2,1-2H3,(H,34,35)(H,40,41). The van der Waals surface area contributed by atoms with Crippen molar-refractivity contribution >= 4 is 44.8 Å². The van der Waals surface area contributed by atoms with Gasteiger partial charge >= 0.3 is 5.97 Å². The number of hydrogen-bond acceptors (Lipinski definition) is 6. The molecule has 2 unspecified atom stereocenters. The second kappa shape index (κ2) is 9.27. The number of H-pyrrole nitrogens is 1. The third-order valence-electron chi connectivity index (χ3n) is 8.88. The average molecular weight is 559 g/mol. The maximum atomic E-state index is 15.6. The molecule has 0 radical (unpaired) electrons. The van der Waals surface area contributed by atoms with Gasteiger partial charge in [-0.2, -0.15) is 0 Å². The molecule has 2 saturated heterocycles. The van der Waals surface area contributed by atoms with Gasteiger partial charge < -0.3 is 25.2 Å². The third kappa shape index (κ3) is 3.79. The molecule has 0 aliphatic carbocycles. The van der Waals surface area contributed by atoms with Crippen molar-refractivity contribution in [2.45, 2.75) is 18.9 Å². The van der Waals surface area contributed by atoms with Crippen LogP contribution in [-0.4, -0.2) is 70.1 Å². The first kappa shape index (κ1) is 25.5. The highest BCUT2D eigenvalue weighted by molar-refractivity contribution is 6.18. The third-order valence-corrected chi connectivity index (χ3v) is 8.88. The van der Waals surface area contributed by atoms with E-state index in [1.54, 1.807) is 31.6 Å². The van der Waals surface area contributed by atoms with Gasteiger partial charge in [0.25, 0.3) is 5.56 Å². The van der Waals surface area contributed by atoms with Crippen molar-refractivity contribution < 1.29 is 18.7 Å². The molecule has 1 aromatic carbocycles. The van der Waals surface area contributed by atoms with Gasteiger partial charge in [-0.25, -0.2) is 18.6 Å². The molecule has 2 atom stereocenters. The fourth-order valence-electron chi connectivity index (χ4n) is 6.75. The van der Waals surface area contributed by atoms with Gasteiger partial charge in [-0.15, -0.1) is 0 Å². The molecule has 0 amide bonds. The maximum absolute atomic E-state index is 15.6. The molecule has 4 aromatic heterocycles. The largest absolute Gasteiger partial charge is 0.477 e. The number of carboxylic acids is 1. The quantitative estimate of drug-likeness (QED) is 0.297. The van der Waals surface area contributed by atoms with Crippen molar-refractivity contribution in [3.63, 3.8) is 0 Å². The van der Waals surface area contributed by atoms with Crippen LogP contribution >= 0.6 is 0 Å². The molecule has 210 valence electrons. The molecule has 41 heavy (non-hydrogen) atoms. The molecular weight excluding hydrogens is 530 g/mol. The number of aromatic nitrogens is 3. The highest BCUT2D eigenvalue weighted by atomic mass is 19.2. The zero-order valence-electron chi connectivity index (χ0n) is 22.5. The highest BCUT2D eigenvalue weighted by Gasteiger charge is 2.38. The average Bonchev–Trinajstić information content (AvgIpc) is 3.55. The minimum atomic E-state index is -1.31. The van der Waals surface area contributed by atoms with Gasteiger partial charge in [0.15, 0.2) is 11.6 Å². The summed E-state index contributed by atoms with van der Waals surface area (Å²) in [5.74, 6) is -2.66. The van der Waals surface area contributed by atoms with Gasteiger partial charge in [-0.05, 0) is 50.6 Å². The van der Waals surface area contributed by atoms with Crippen LogP contribution in [0.5, 0.6) is 0 Å². The number of fused-ring (bicyclic) bond motifs is 5. The van der Waals surface area contributed by atoms with Crippen molar-refractivity contribution in [1.82, 2.24) is 19.3 Å². The molecule has 6 heterocycles. The van der Waals surface area contributed by atoms with E-state index in [1.807, 2.05) is 6.07 Å². The molecule has 3 N–H and O–H groups in total. The Kier molecular flexibility index (Phi) is 5.75. The molecule has 7 rings (SSSR count). The fraction of sp³-hybridized carbons (Fsp3) is 0.300. The lowest BCUT2D eigenvalue weighted by Crippen LogP contribution is -2.47. The summed E-state index contributed by atoms with van der Waals surface area (Å²) in [7, 11) is 3.77. The molecule has 2 fully saturated rings. The van der Waals surface area contributed by atoms with E-state index in [-0.39, 0.29) is 10.9 Å². The van der Waals surface area contributed by atoms with Gasteiger partial charge in [0.2, 0.25) is 0 Å². The zero-order valence-corrected chi connectivity index (χ0v) is 22.5. The van der Waals surface area contributed by atoms with Crippen molar-refractivity contribution in [1.29, 1.82) is 0 Å². The van der Waals surface area contributed by atoms with E-state index in [9.17, 15) is 19.1 Å². The molecule has 9 nitrogen and oxygen atoms in total. The Labute approximate surface area is 233 Å². The van der Waals surface area contributed by atoms with E-state index in [0.29, 0.717) is 63.1 Å². The van der Waals surface area contributed by atoms with Crippen LogP contribution in [0.25, 0.3) is 38.6 Å². The Bertz CT molecular complexity index is 1950. The van der Waals surface area contributed by atoms with E-state index in [2.05, 4.69) is 32.1 Å². The normalized spacial score (nSPS) is 19.4. The minimum absolute atomic E-state index is 0.113. The van der Waals surface area contributed by atoms with Gasteiger partial charge in [0, 0.05) is 61.3 Å². The summed E-state index contributed by atoms with van der Waals surface area (Å²) in [5.41, 5.74) is 2.74. The first-order chi connectivity index (χ1) is 19.8. The number of anilines is 2. The van der Waals surface area contributed by atoms with Crippen LogP contribution in [0.1, 0.15) is 23.2 Å². The second-order valence-corrected chi connectivity index (χ2v) is 11.0. The number of rotatable bonds is 4. The number of hydrogen-bond donors (Lipinski definition) is 3. The number of likely N-dealkylation sites (tertiary alicyclic amines) is 1. The maximum Gasteiger partial charge on any atom is 0.341 e.